The van der Waals surface area contributed by atoms with E-state index in [1.54, 1.807) is 0 Å². The number of guanidine groups is 1. The van der Waals surface area contributed by atoms with Crippen LogP contribution in [0.1, 0.15) is 26.7 Å². The van der Waals surface area contributed by atoms with Crippen LogP contribution < -0.4 is 10.6 Å². The molecule has 2 atom stereocenters. The van der Waals surface area contributed by atoms with Crippen LogP contribution in [0, 0.1) is 0 Å². The first-order chi connectivity index (χ1) is 9.50. The number of halogens is 1. The Morgan fingerprint density at radius 3 is 2.45 bits per heavy atom. The minimum absolute atomic E-state index is 0.0327. The number of nitrogens with two attached hydrogens (primary N) is 1. The third-order valence-corrected chi connectivity index (χ3v) is 4.65. The first-order valence-electron chi connectivity index (χ1n) is 7.01. The Morgan fingerprint density at radius 2 is 1.85 bits per heavy atom. The van der Waals surface area contributed by atoms with Crippen molar-refractivity contribution in [2.75, 3.05) is 11.4 Å². The van der Waals surface area contributed by atoms with Crippen molar-refractivity contribution < 1.29 is 4.74 Å². The Kier molecular flexibility index (Phi) is 3.50. The lowest BCUT2D eigenvalue weighted by molar-refractivity contribution is -0.0559. The third-order valence-electron chi connectivity index (χ3n) is 4.12. The Labute approximate surface area is 128 Å². The molecule has 2 unspecified atom stereocenters. The zero-order chi connectivity index (χ0) is 14.3. The van der Waals surface area contributed by atoms with Crippen LogP contribution in [0.15, 0.2) is 33.7 Å². The molecule has 1 saturated heterocycles. The molecule has 0 bridgehead atoms. The minimum Gasteiger partial charge on any atom is -0.375 e. The quantitative estimate of drug-likeness (QED) is 0.857. The number of ether oxygens (including phenoxy) is 1. The van der Waals surface area contributed by atoms with Gasteiger partial charge in [0, 0.05) is 10.2 Å². The SMILES string of the molecule is CC1CC2(CN=C(N)N2c2ccc(Br)cc2)CC(C)O1. The third kappa shape index (κ3) is 2.33. The predicted molar refractivity (Wildman–Crippen MR) is 85.1 cm³/mol. The van der Waals surface area contributed by atoms with Crippen molar-refractivity contribution in [3.05, 3.63) is 28.7 Å². The van der Waals surface area contributed by atoms with Gasteiger partial charge in [-0.2, -0.15) is 0 Å². The van der Waals surface area contributed by atoms with E-state index in [1.807, 2.05) is 12.1 Å². The predicted octanol–water partition coefficient (Wildman–Crippen LogP) is 2.91. The summed E-state index contributed by atoms with van der Waals surface area (Å²) < 4.78 is 6.95. The Bertz CT molecular complexity index is 518. The van der Waals surface area contributed by atoms with E-state index in [0.29, 0.717) is 5.96 Å². The molecule has 20 heavy (non-hydrogen) atoms. The van der Waals surface area contributed by atoms with Gasteiger partial charge in [-0.1, -0.05) is 15.9 Å². The summed E-state index contributed by atoms with van der Waals surface area (Å²) in [6, 6.07) is 8.26. The van der Waals surface area contributed by atoms with Gasteiger partial charge in [-0.3, -0.25) is 4.99 Å². The van der Waals surface area contributed by atoms with Crippen molar-refractivity contribution >= 4 is 27.6 Å². The second-order valence-corrected chi connectivity index (χ2v) is 6.79. The van der Waals surface area contributed by atoms with Crippen LogP contribution in [0.5, 0.6) is 0 Å². The fourth-order valence-corrected chi connectivity index (χ4v) is 3.83. The molecule has 2 aliphatic heterocycles. The second-order valence-electron chi connectivity index (χ2n) is 5.88. The molecule has 3 rings (SSSR count). The molecule has 0 aliphatic carbocycles. The number of benzene rings is 1. The Balaban J connectivity index is 1.97. The monoisotopic (exact) mass is 337 g/mol. The van der Waals surface area contributed by atoms with Crippen LogP contribution in [0.4, 0.5) is 5.69 Å². The van der Waals surface area contributed by atoms with Crippen molar-refractivity contribution in [1.29, 1.82) is 0 Å². The summed E-state index contributed by atoms with van der Waals surface area (Å²) >= 11 is 3.48. The van der Waals surface area contributed by atoms with E-state index in [1.165, 1.54) is 0 Å². The highest BCUT2D eigenvalue weighted by Gasteiger charge is 2.47. The van der Waals surface area contributed by atoms with Crippen LogP contribution in [0.25, 0.3) is 0 Å². The highest BCUT2D eigenvalue weighted by molar-refractivity contribution is 9.10. The molecule has 1 spiro atoms. The second kappa shape index (κ2) is 5.04. The van der Waals surface area contributed by atoms with Crippen molar-refractivity contribution in [3.8, 4) is 0 Å². The number of rotatable bonds is 1. The van der Waals surface area contributed by atoms with E-state index in [9.17, 15) is 0 Å². The van der Waals surface area contributed by atoms with Gasteiger partial charge < -0.3 is 15.4 Å². The van der Waals surface area contributed by atoms with Gasteiger partial charge >= 0.3 is 0 Å². The van der Waals surface area contributed by atoms with Gasteiger partial charge in [-0.15, -0.1) is 0 Å². The molecule has 1 aromatic rings. The molecule has 4 nitrogen and oxygen atoms in total. The lowest BCUT2D eigenvalue weighted by Crippen LogP contribution is -2.57. The summed E-state index contributed by atoms with van der Waals surface area (Å²) in [7, 11) is 0. The topological polar surface area (TPSA) is 50.8 Å². The minimum atomic E-state index is -0.0327. The van der Waals surface area contributed by atoms with E-state index in [-0.39, 0.29) is 17.7 Å². The normalized spacial score (nSPS) is 33.5. The molecule has 0 aromatic heterocycles. The molecule has 1 aromatic carbocycles. The summed E-state index contributed by atoms with van der Waals surface area (Å²) in [5, 5.41) is 0. The summed E-state index contributed by atoms with van der Waals surface area (Å²) in [4.78, 5) is 6.72. The zero-order valence-corrected chi connectivity index (χ0v) is 13.4. The van der Waals surface area contributed by atoms with Crippen molar-refractivity contribution in [1.82, 2.24) is 0 Å². The molecule has 2 N–H and O–H groups in total. The average Bonchev–Trinajstić information content (AvgIpc) is 2.66. The summed E-state index contributed by atoms with van der Waals surface area (Å²) in [5.74, 6) is 0.619. The van der Waals surface area contributed by atoms with Gasteiger partial charge in [0.25, 0.3) is 0 Å². The Morgan fingerprint density at radius 1 is 1.25 bits per heavy atom. The molecule has 108 valence electrons. The fourth-order valence-electron chi connectivity index (χ4n) is 3.57. The molecule has 0 saturated carbocycles. The molecule has 2 aliphatic rings. The van der Waals surface area contributed by atoms with Gasteiger partial charge in [-0.25, -0.2) is 0 Å². The smallest absolute Gasteiger partial charge is 0.196 e. The van der Waals surface area contributed by atoms with Crippen LogP contribution in [0.2, 0.25) is 0 Å². The molecule has 2 heterocycles. The number of anilines is 1. The van der Waals surface area contributed by atoms with E-state index < -0.39 is 0 Å². The van der Waals surface area contributed by atoms with E-state index >= 15 is 0 Å². The van der Waals surface area contributed by atoms with Crippen molar-refractivity contribution in [2.45, 2.75) is 44.4 Å². The van der Waals surface area contributed by atoms with Crippen molar-refractivity contribution in [3.63, 3.8) is 0 Å². The highest BCUT2D eigenvalue weighted by atomic mass is 79.9. The molecule has 0 amide bonds. The average molecular weight is 338 g/mol. The van der Waals surface area contributed by atoms with Crippen LogP contribution in [-0.4, -0.2) is 30.3 Å². The van der Waals surface area contributed by atoms with Crippen LogP contribution in [0.3, 0.4) is 0 Å². The number of hydrogen-bond acceptors (Lipinski definition) is 4. The number of nitrogens with zero attached hydrogens (tertiary/aromatic N) is 2. The molecule has 5 heteroatoms. The molecule has 1 fully saturated rings. The first-order valence-corrected chi connectivity index (χ1v) is 7.81. The van der Waals surface area contributed by atoms with Gasteiger partial charge in [0.05, 0.1) is 24.3 Å². The zero-order valence-electron chi connectivity index (χ0n) is 11.8. The maximum absolute atomic E-state index is 6.17. The van der Waals surface area contributed by atoms with Gasteiger partial charge in [0.2, 0.25) is 0 Å². The highest BCUT2D eigenvalue weighted by Crippen LogP contribution is 2.40. The van der Waals surface area contributed by atoms with E-state index in [2.05, 4.69) is 51.8 Å². The summed E-state index contributed by atoms with van der Waals surface area (Å²) in [5.41, 5.74) is 7.24. The van der Waals surface area contributed by atoms with Gasteiger partial charge in [0.1, 0.15) is 0 Å². The lowest BCUT2D eigenvalue weighted by atomic mass is 9.83. The summed E-state index contributed by atoms with van der Waals surface area (Å²) in [6.07, 6.45) is 2.38. The molecule has 0 radical (unpaired) electrons. The van der Waals surface area contributed by atoms with E-state index in [0.717, 1.165) is 29.5 Å². The number of aliphatic imine (C=N–C) groups is 1. The lowest BCUT2D eigenvalue weighted by Gasteiger charge is -2.46. The number of hydrogen-bond donors (Lipinski definition) is 1. The molecular weight excluding hydrogens is 318 g/mol. The van der Waals surface area contributed by atoms with E-state index in [4.69, 9.17) is 10.5 Å². The van der Waals surface area contributed by atoms with Gasteiger partial charge in [0.15, 0.2) is 5.96 Å². The van der Waals surface area contributed by atoms with Crippen LogP contribution in [-0.2, 0) is 4.74 Å². The fraction of sp³-hybridized carbons (Fsp3) is 0.533. The Hall–Kier alpha value is -1.07. The summed E-state index contributed by atoms with van der Waals surface area (Å²) in [6.45, 7) is 5.02. The largest absolute Gasteiger partial charge is 0.375 e. The van der Waals surface area contributed by atoms with Crippen LogP contribution >= 0.6 is 15.9 Å². The maximum atomic E-state index is 6.17. The van der Waals surface area contributed by atoms with Gasteiger partial charge in [-0.05, 0) is 51.0 Å². The standard InChI is InChI=1S/C15H20BrN3O/c1-10-7-15(8-11(2)20-10)9-18-14(17)19(15)13-5-3-12(16)4-6-13/h3-6,10-11H,7-9H2,1-2H3,(H2,17,18). The maximum Gasteiger partial charge on any atom is 0.196 e. The van der Waals surface area contributed by atoms with Crippen molar-refractivity contribution in [2.24, 2.45) is 10.7 Å². The molecular formula is C15H20BrN3O. The first kappa shape index (κ1) is 13.9.